The highest BCUT2D eigenvalue weighted by Crippen LogP contribution is 2.35. The Labute approximate surface area is 111 Å². The quantitative estimate of drug-likeness (QED) is 0.856. The maximum absolute atomic E-state index is 14.1. The molecule has 0 aliphatic heterocycles. The van der Waals surface area contributed by atoms with Gasteiger partial charge in [-0.05, 0) is 43.4 Å². The monoisotopic (exact) mass is 299 g/mol. The molecule has 1 atom stereocenters. The van der Waals surface area contributed by atoms with Crippen LogP contribution in [-0.4, -0.2) is 0 Å². The summed E-state index contributed by atoms with van der Waals surface area (Å²) < 4.78 is 15.0. The molecule has 3 heteroatoms. The molecule has 1 aromatic rings. The van der Waals surface area contributed by atoms with Crippen LogP contribution in [0.25, 0.3) is 0 Å². The van der Waals surface area contributed by atoms with Crippen LogP contribution < -0.4 is 5.73 Å². The summed E-state index contributed by atoms with van der Waals surface area (Å²) in [5.74, 6) is 0.304. The molecule has 1 aliphatic rings. The average Bonchev–Trinajstić information content (AvgIpc) is 2.34. The fourth-order valence-electron chi connectivity index (χ4n) is 2.74. The van der Waals surface area contributed by atoms with Crippen LogP contribution in [-0.2, 0) is 0 Å². The molecule has 94 valence electrons. The molecule has 1 aliphatic carbocycles. The zero-order chi connectivity index (χ0) is 12.4. The third-order valence-electron chi connectivity index (χ3n) is 3.76. The van der Waals surface area contributed by atoms with E-state index in [-0.39, 0.29) is 11.9 Å². The van der Waals surface area contributed by atoms with Crippen LogP contribution in [0, 0.1) is 18.7 Å². The summed E-state index contributed by atoms with van der Waals surface area (Å²) in [5, 5.41) is 0. The Bertz CT molecular complexity index is 399. The van der Waals surface area contributed by atoms with Gasteiger partial charge in [-0.2, -0.15) is 0 Å². The van der Waals surface area contributed by atoms with Gasteiger partial charge in [0.1, 0.15) is 5.82 Å². The second-order valence-corrected chi connectivity index (χ2v) is 5.97. The molecule has 0 heterocycles. The summed E-state index contributed by atoms with van der Waals surface area (Å²) in [6, 6.07) is 3.47. The van der Waals surface area contributed by atoms with Crippen molar-refractivity contribution in [3.63, 3.8) is 0 Å². The van der Waals surface area contributed by atoms with Crippen LogP contribution in [0.4, 0.5) is 4.39 Å². The molecular formula is C14H19BrFN. The van der Waals surface area contributed by atoms with Gasteiger partial charge in [0.15, 0.2) is 0 Å². The van der Waals surface area contributed by atoms with E-state index in [9.17, 15) is 4.39 Å². The first-order valence-electron chi connectivity index (χ1n) is 6.30. The second-order valence-electron chi connectivity index (χ2n) is 5.05. The van der Waals surface area contributed by atoms with Gasteiger partial charge in [-0.1, -0.05) is 35.2 Å². The van der Waals surface area contributed by atoms with Crippen LogP contribution in [0.5, 0.6) is 0 Å². The van der Waals surface area contributed by atoms with Crippen molar-refractivity contribution in [1.29, 1.82) is 0 Å². The molecule has 1 fully saturated rings. The largest absolute Gasteiger partial charge is 0.324 e. The van der Waals surface area contributed by atoms with E-state index in [0.717, 1.165) is 17.3 Å². The minimum atomic E-state index is -0.161. The number of aryl methyl sites for hydroxylation is 1. The van der Waals surface area contributed by atoms with Gasteiger partial charge in [0.2, 0.25) is 0 Å². The lowest BCUT2D eigenvalue weighted by Crippen LogP contribution is -2.24. The Morgan fingerprint density at radius 1 is 1.29 bits per heavy atom. The van der Waals surface area contributed by atoms with E-state index in [4.69, 9.17) is 5.73 Å². The summed E-state index contributed by atoms with van der Waals surface area (Å²) in [4.78, 5) is 0. The first-order valence-corrected chi connectivity index (χ1v) is 7.10. The van der Waals surface area contributed by atoms with Gasteiger partial charge in [-0.15, -0.1) is 0 Å². The SMILES string of the molecule is Cc1cc(Br)cc([C@H](N)C2CCCCC2)c1F. The summed E-state index contributed by atoms with van der Waals surface area (Å²) in [6.07, 6.45) is 6.02. The van der Waals surface area contributed by atoms with Crippen molar-refractivity contribution in [1.82, 2.24) is 0 Å². The van der Waals surface area contributed by atoms with E-state index < -0.39 is 0 Å². The number of halogens is 2. The summed E-state index contributed by atoms with van der Waals surface area (Å²) >= 11 is 3.42. The van der Waals surface area contributed by atoms with Crippen molar-refractivity contribution in [3.8, 4) is 0 Å². The Hall–Kier alpha value is -0.410. The van der Waals surface area contributed by atoms with Crippen molar-refractivity contribution in [2.75, 3.05) is 0 Å². The van der Waals surface area contributed by atoms with Crippen LogP contribution in [0.15, 0.2) is 16.6 Å². The number of hydrogen-bond donors (Lipinski definition) is 1. The number of nitrogens with two attached hydrogens (primary N) is 1. The fourth-order valence-corrected chi connectivity index (χ4v) is 3.33. The zero-order valence-corrected chi connectivity index (χ0v) is 11.8. The Morgan fingerprint density at radius 3 is 2.59 bits per heavy atom. The van der Waals surface area contributed by atoms with Crippen LogP contribution in [0.3, 0.4) is 0 Å². The van der Waals surface area contributed by atoms with Gasteiger partial charge >= 0.3 is 0 Å². The lowest BCUT2D eigenvalue weighted by atomic mass is 9.81. The highest BCUT2D eigenvalue weighted by molar-refractivity contribution is 9.10. The number of rotatable bonds is 2. The summed E-state index contributed by atoms with van der Waals surface area (Å²) in [5.41, 5.74) is 7.58. The van der Waals surface area contributed by atoms with Gasteiger partial charge < -0.3 is 5.73 Å². The lowest BCUT2D eigenvalue weighted by molar-refractivity contribution is 0.303. The Balaban J connectivity index is 2.26. The summed E-state index contributed by atoms with van der Waals surface area (Å²) in [6.45, 7) is 1.79. The maximum Gasteiger partial charge on any atom is 0.130 e. The maximum atomic E-state index is 14.1. The molecule has 0 bridgehead atoms. The summed E-state index contributed by atoms with van der Waals surface area (Å²) in [7, 11) is 0. The van der Waals surface area contributed by atoms with Crippen LogP contribution in [0.2, 0.25) is 0 Å². The van der Waals surface area contributed by atoms with E-state index in [0.29, 0.717) is 17.0 Å². The molecule has 1 saturated carbocycles. The van der Waals surface area contributed by atoms with E-state index in [1.54, 1.807) is 13.0 Å². The highest BCUT2D eigenvalue weighted by Gasteiger charge is 2.24. The number of benzene rings is 1. The molecule has 17 heavy (non-hydrogen) atoms. The molecule has 0 unspecified atom stereocenters. The van der Waals surface area contributed by atoms with E-state index >= 15 is 0 Å². The number of hydrogen-bond acceptors (Lipinski definition) is 1. The molecule has 2 rings (SSSR count). The fraction of sp³-hybridized carbons (Fsp3) is 0.571. The Kier molecular flexibility index (Phi) is 4.21. The van der Waals surface area contributed by atoms with Gasteiger partial charge in [0.05, 0.1) is 0 Å². The zero-order valence-electron chi connectivity index (χ0n) is 10.2. The topological polar surface area (TPSA) is 26.0 Å². The third kappa shape index (κ3) is 2.89. The van der Waals surface area contributed by atoms with Gasteiger partial charge in [0, 0.05) is 16.1 Å². The van der Waals surface area contributed by atoms with E-state index in [2.05, 4.69) is 15.9 Å². The predicted molar refractivity (Wildman–Crippen MR) is 72.3 cm³/mol. The molecule has 2 N–H and O–H groups in total. The molecule has 1 aromatic carbocycles. The van der Waals surface area contributed by atoms with Crippen LogP contribution >= 0.6 is 15.9 Å². The first-order chi connectivity index (χ1) is 8.09. The third-order valence-corrected chi connectivity index (χ3v) is 4.22. The molecular weight excluding hydrogens is 281 g/mol. The predicted octanol–water partition coefficient (Wildman–Crippen LogP) is 4.48. The normalized spacial score (nSPS) is 19.3. The molecule has 0 saturated heterocycles. The van der Waals surface area contributed by atoms with E-state index in [1.807, 2.05) is 6.07 Å². The molecule has 1 nitrogen and oxygen atoms in total. The van der Waals surface area contributed by atoms with Gasteiger partial charge in [-0.25, -0.2) is 4.39 Å². The van der Waals surface area contributed by atoms with Crippen molar-refractivity contribution >= 4 is 15.9 Å². The minimum Gasteiger partial charge on any atom is -0.324 e. The standard InChI is InChI=1S/C14H19BrFN/c1-9-7-11(15)8-12(13(9)16)14(17)10-5-3-2-4-6-10/h7-8,10,14H,2-6,17H2,1H3/t14-/m1/s1. The van der Waals surface area contributed by atoms with Gasteiger partial charge in [0.25, 0.3) is 0 Å². The van der Waals surface area contributed by atoms with E-state index in [1.165, 1.54) is 19.3 Å². The van der Waals surface area contributed by atoms with Crippen LogP contribution in [0.1, 0.15) is 49.3 Å². The molecule has 0 amide bonds. The smallest absolute Gasteiger partial charge is 0.130 e. The molecule has 0 spiro atoms. The minimum absolute atomic E-state index is 0.133. The van der Waals surface area contributed by atoms with Crippen molar-refractivity contribution in [3.05, 3.63) is 33.5 Å². The van der Waals surface area contributed by atoms with Crippen molar-refractivity contribution < 1.29 is 4.39 Å². The van der Waals surface area contributed by atoms with Crippen molar-refractivity contribution in [2.24, 2.45) is 11.7 Å². The second kappa shape index (κ2) is 5.49. The Morgan fingerprint density at radius 2 is 1.94 bits per heavy atom. The molecule has 0 aromatic heterocycles. The average molecular weight is 300 g/mol. The highest BCUT2D eigenvalue weighted by atomic mass is 79.9. The van der Waals surface area contributed by atoms with Gasteiger partial charge in [-0.3, -0.25) is 0 Å². The first kappa shape index (κ1) is 13.0. The van der Waals surface area contributed by atoms with Crippen molar-refractivity contribution in [2.45, 2.75) is 45.1 Å². The lowest BCUT2D eigenvalue weighted by Gasteiger charge is -2.28. The molecule has 0 radical (unpaired) electrons.